The first-order valence-electron chi connectivity index (χ1n) is 14.4. The summed E-state index contributed by atoms with van der Waals surface area (Å²) in [5.74, 6) is -0.623. The second-order valence-corrected chi connectivity index (χ2v) is 12.8. The van der Waals surface area contributed by atoms with E-state index >= 15 is 0 Å². The molecule has 1 unspecified atom stereocenters. The molecular weight excluding hydrogens is 534 g/mol. The fourth-order valence-electron chi connectivity index (χ4n) is 5.42. The molecule has 7 nitrogen and oxygen atoms in total. The highest BCUT2D eigenvalue weighted by Gasteiger charge is 2.35. The Bertz CT molecular complexity index is 1450. The Balaban J connectivity index is 1.73. The van der Waals surface area contributed by atoms with E-state index in [-0.39, 0.29) is 23.4 Å². The van der Waals surface area contributed by atoms with Crippen LogP contribution in [0.15, 0.2) is 77.7 Å². The number of hydrogen-bond acceptors (Lipinski definition) is 4. The molecule has 4 rings (SSSR count). The van der Waals surface area contributed by atoms with Gasteiger partial charge >= 0.3 is 0 Å². The SMILES string of the molecule is CCC(C(=O)NC1CCCC1)N(Cc1ccccc1)C(=O)CN(c1cccc(C)c1C)S(=O)(=O)c1ccc(C)cc1. The monoisotopic (exact) mass is 575 g/mol. The molecule has 0 bridgehead atoms. The van der Waals surface area contributed by atoms with Gasteiger partial charge in [0.05, 0.1) is 10.6 Å². The van der Waals surface area contributed by atoms with Crippen molar-refractivity contribution >= 4 is 27.5 Å². The van der Waals surface area contributed by atoms with E-state index in [1.807, 2.05) is 64.1 Å². The van der Waals surface area contributed by atoms with Crippen molar-refractivity contribution in [1.82, 2.24) is 10.2 Å². The van der Waals surface area contributed by atoms with Gasteiger partial charge in [0.1, 0.15) is 12.6 Å². The Morgan fingerprint density at radius 3 is 2.20 bits per heavy atom. The van der Waals surface area contributed by atoms with Crippen molar-refractivity contribution in [1.29, 1.82) is 0 Å². The molecule has 3 aromatic rings. The summed E-state index contributed by atoms with van der Waals surface area (Å²) in [5, 5.41) is 3.15. The third-order valence-electron chi connectivity index (χ3n) is 8.02. The summed E-state index contributed by atoms with van der Waals surface area (Å²) in [7, 11) is -4.10. The first-order valence-corrected chi connectivity index (χ1v) is 15.8. The largest absolute Gasteiger partial charge is 0.352 e. The molecule has 0 aromatic heterocycles. The maximum Gasteiger partial charge on any atom is 0.264 e. The van der Waals surface area contributed by atoms with Crippen LogP contribution in [0.2, 0.25) is 0 Å². The molecule has 0 radical (unpaired) electrons. The second-order valence-electron chi connectivity index (χ2n) is 11.0. The molecule has 1 atom stereocenters. The quantitative estimate of drug-likeness (QED) is 0.319. The van der Waals surface area contributed by atoms with Crippen molar-refractivity contribution < 1.29 is 18.0 Å². The number of sulfonamides is 1. The zero-order valence-corrected chi connectivity index (χ0v) is 25.3. The van der Waals surface area contributed by atoms with Crippen molar-refractivity contribution in [2.45, 2.75) is 83.3 Å². The van der Waals surface area contributed by atoms with Gasteiger partial charge in [0.2, 0.25) is 11.8 Å². The van der Waals surface area contributed by atoms with Crippen molar-refractivity contribution in [3.8, 4) is 0 Å². The molecule has 0 heterocycles. The van der Waals surface area contributed by atoms with E-state index in [0.717, 1.165) is 47.9 Å². The third-order valence-corrected chi connectivity index (χ3v) is 9.79. The number of amides is 2. The topological polar surface area (TPSA) is 86.8 Å². The summed E-state index contributed by atoms with van der Waals surface area (Å²) < 4.78 is 29.4. The predicted octanol–water partition coefficient (Wildman–Crippen LogP) is 5.67. The highest BCUT2D eigenvalue weighted by atomic mass is 32.2. The Morgan fingerprint density at radius 1 is 0.902 bits per heavy atom. The molecule has 1 fully saturated rings. The molecule has 2 amide bonds. The van der Waals surface area contributed by atoms with E-state index in [4.69, 9.17) is 0 Å². The van der Waals surface area contributed by atoms with Crippen molar-refractivity contribution in [2.24, 2.45) is 0 Å². The van der Waals surface area contributed by atoms with Gasteiger partial charge in [0, 0.05) is 12.6 Å². The van der Waals surface area contributed by atoms with E-state index in [0.29, 0.717) is 12.1 Å². The molecule has 41 heavy (non-hydrogen) atoms. The lowest BCUT2D eigenvalue weighted by Gasteiger charge is -2.34. The lowest BCUT2D eigenvalue weighted by atomic mass is 10.1. The van der Waals surface area contributed by atoms with Crippen LogP contribution in [0.3, 0.4) is 0 Å². The molecule has 1 aliphatic rings. The van der Waals surface area contributed by atoms with E-state index in [9.17, 15) is 18.0 Å². The van der Waals surface area contributed by atoms with E-state index < -0.39 is 28.5 Å². The minimum atomic E-state index is -4.10. The standard InChI is InChI=1S/C33H41N3O4S/c1-5-30(33(38)34-28-15-9-10-16-28)35(22-27-13-7-6-8-14-27)32(37)23-36(31-17-11-12-25(3)26(31)4)41(39,40)29-20-18-24(2)19-21-29/h6-8,11-14,17-21,28,30H,5,9-10,15-16,22-23H2,1-4H3,(H,34,38). The second kappa shape index (κ2) is 13.3. The van der Waals surface area contributed by atoms with Gasteiger partial charge in [-0.25, -0.2) is 8.42 Å². The molecular formula is C33H41N3O4S. The van der Waals surface area contributed by atoms with Crippen LogP contribution in [-0.4, -0.2) is 43.8 Å². The normalized spacial score (nSPS) is 14.4. The minimum absolute atomic E-state index is 0.109. The molecule has 8 heteroatoms. The summed E-state index contributed by atoms with van der Waals surface area (Å²) in [6, 6.07) is 21.0. The highest BCUT2D eigenvalue weighted by molar-refractivity contribution is 7.92. The van der Waals surface area contributed by atoms with Gasteiger partial charge in [-0.2, -0.15) is 0 Å². The smallest absolute Gasteiger partial charge is 0.264 e. The first kappa shape index (κ1) is 30.3. The molecule has 1 aliphatic carbocycles. The van der Waals surface area contributed by atoms with Gasteiger partial charge < -0.3 is 10.2 Å². The minimum Gasteiger partial charge on any atom is -0.352 e. The summed E-state index contributed by atoms with van der Waals surface area (Å²) >= 11 is 0. The van der Waals surface area contributed by atoms with Crippen LogP contribution in [0.5, 0.6) is 0 Å². The molecule has 0 saturated heterocycles. The fourth-order valence-corrected chi connectivity index (χ4v) is 6.90. The van der Waals surface area contributed by atoms with Crippen molar-refractivity contribution in [3.05, 3.63) is 95.1 Å². The van der Waals surface area contributed by atoms with Gasteiger partial charge in [-0.1, -0.05) is 79.9 Å². The Kier molecular flexibility index (Phi) is 9.86. The molecule has 1 N–H and O–H groups in total. The molecule has 1 saturated carbocycles. The fraction of sp³-hybridized carbons (Fsp3) is 0.394. The lowest BCUT2D eigenvalue weighted by Crippen LogP contribution is -2.53. The van der Waals surface area contributed by atoms with Crippen LogP contribution < -0.4 is 9.62 Å². The van der Waals surface area contributed by atoms with Gasteiger partial charge in [0.25, 0.3) is 10.0 Å². The Morgan fingerprint density at radius 2 is 1.56 bits per heavy atom. The zero-order chi connectivity index (χ0) is 29.6. The summed E-state index contributed by atoms with van der Waals surface area (Å²) in [4.78, 5) is 29.4. The van der Waals surface area contributed by atoms with Crippen molar-refractivity contribution in [3.63, 3.8) is 0 Å². The predicted molar refractivity (Wildman–Crippen MR) is 163 cm³/mol. The lowest BCUT2D eigenvalue weighted by molar-refractivity contribution is -0.140. The number of carbonyl (C=O) groups is 2. The van der Waals surface area contributed by atoms with Crippen LogP contribution in [0, 0.1) is 20.8 Å². The third kappa shape index (κ3) is 7.17. The number of hydrogen-bond donors (Lipinski definition) is 1. The van der Waals surface area contributed by atoms with Crippen LogP contribution >= 0.6 is 0 Å². The average Bonchev–Trinajstić information content (AvgIpc) is 3.47. The van der Waals surface area contributed by atoms with Gasteiger partial charge in [-0.3, -0.25) is 13.9 Å². The first-order chi connectivity index (χ1) is 19.6. The highest BCUT2D eigenvalue weighted by Crippen LogP contribution is 2.29. The van der Waals surface area contributed by atoms with E-state index in [1.165, 1.54) is 4.31 Å². The van der Waals surface area contributed by atoms with Gasteiger partial charge in [0.15, 0.2) is 0 Å². The zero-order valence-electron chi connectivity index (χ0n) is 24.5. The summed E-state index contributed by atoms with van der Waals surface area (Å²) in [5.41, 5.74) is 3.94. The Labute approximate surface area is 244 Å². The average molecular weight is 576 g/mol. The summed E-state index contributed by atoms with van der Waals surface area (Å²) in [6.45, 7) is 7.32. The van der Waals surface area contributed by atoms with Crippen LogP contribution in [0.4, 0.5) is 5.69 Å². The number of rotatable bonds is 11. The van der Waals surface area contributed by atoms with Crippen molar-refractivity contribution in [2.75, 3.05) is 10.8 Å². The van der Waals surface area contributed by atoms with Crippen LogP contribution in [-0.2, 0) is 26.2 Å². The molecule has 3 aromatic carbocycles. The Hall–Kier alpha value is -3.65. The molecule has 0 aliphatic heterocycles. The van der Waals surface area contributed by atoms with E-state index in [1.54, 1.807) is 41.3 Å². The maximum absolute atomic E-state index is 14.2. The number of anilines is 1. The van der Waals surface area contributed by atoms with Gasteiger partial charge in [-0.15, -0.1) is 0 Å². The number of nitrogens with one attached hydrogen (secondary N) is 1. The van der Waals surface area contributed by atoms with Crippen LogP contribution in [0.1, 0.15) is 61.3 Å². The number of nitrogens with zero attached hydrogens (tertiary/aromatic N) is 2. The number of benzene rings is 3. The number of carbonyl (C=O) groups excluding carboxylic acids is 2. The van der Waals surface area contributed by atoms with Gasteiger partial charge in [-0.05, 0) is 74.9 Å². The van der Waals surface area contributed by atoms with E-state index in [2.05, 4.69) is 5.32 Å². The molecule has 0 spiro atoms. The molecule has 218 valence electrons. The summed E-state index contributed by atoms with van der Waals surface area (Å²) in [6.07, 6.45) is 4.44. The number of aryl methyl sites for hydroxylation is 2. The van der Waals surface area contributed by atoms with Crippen LogP contribution in [0.25, 0.3) is 0 Å². The maximum atomic E-state index is 14.2.